The smallest absolute Gasteiger partial charge is 0.260 e. The number of fused-ring (bicyclic) bond motifs is 1. The van der Waals surface area contributed by atoms with Gasteiger partial charge >= 0.3 is 0 Å². The SMILES string of the molecule is [2H]C([2H])([2H])C([2H])([2H])C([2H])([2H])n1cc(C)c2c(=O)[nH]c(-c3cc(S(=O)(=O)N4CCN(CC)CC4)ccc3OCC)nc21. The second-order valence-corrected chi connectivity index (χ2v) is 9.90. The van der Waals surface area contributed by atoms with Crippen LogP contribution in [-0.2, 0) is 16.5 Å². The monoisotopic (exact) mass is 494 g/mol. The standard InChI is InChI=1S/C24H33N5O4S/c1-5-10-28-16-17(4)21-23(28)25-22(26-24(21)30)19-15-18(8-9-20(19)33-7-3)34(31,32)29-13-11-27(6-2)12-14-29/h8-9,15-16H,5-7,10-14H2,1-4H3,(H,25,26,30)/i1D3,5D2,10D2. The summed E-state index contributed by atoms with van der Waals surface area (Å²) in [5.74, 6) is 0.0591. The van der Waals surface area contributed by atoms with Crippen molar-refractivity contribution in [3.8, 4) is 17.1 Å². The second-order valence-electron chi connectivity index (χ2n) is 7.96. The van der Waals surface area contributed by atoms with Gasteiger partial charge in [0.25, 0.3) is 5.56 Å². The van der Waals surface area contributed by atoms with Gasteiger partial charge in [-0.2, -0.15) is 4.31 Å². The lowest BCUT2D eigenvalue weighted by Gasteiger charge is -2.33. The van der Waals surface area contributed by atoms with Gasteiger partial charge in [0.1, 0.15) is 17.2 Å². The number of piperazine rings is 1. The summed E-state index contributed by atoms with van der Waals surface area (Å²) < 4.78 is 90.7. The number of likely N-dealkylation sites (N-methyl/N-ethyl adjacent to an activating group) is 1. The first-order valence-electron chi connectivity index (χ1n) is 14.6. The van der Waals surface area contributed by atoms with Crippen LogP contribution < -0.4 is 10.3 Å². The first-order valence-corrected chi connectivity index (χ1v) is 12.5. The number of ether oxygens (including phenoxy) is 1. The van der Waals surface area contributed by atoms with Crippen LogP contribution >= 0.6 is 0 Å². The molecule has 1 aliphatic rings. The molecule has 3 aromatic rings. The first kappa shape index (κ1) is 16.9. The largest absolute Gasteiger partial charge is 0.493 e. The predicted molar refractivity (Wildman–Crippen MR) is 133 cm³/mol. The van der Waals surface area contributed by atoms with E-state index < -0.39 is 35.3 Å². The van der Waals surface area contributed by atoms with Crippen LogP contribution in [0.15, 0.2) is 34.1 Å². The Morgan fingerprint density at radius 1 is 1.24 bits per heavy atom. The molecule has 1 N–H and O–H groups in total. The van der Waals surface area contributed by atoms with Gasteiger partial charge in [-0.3, -0.25) is 4.79 Å². The molecule has 0 amide bonds. The van der Waals surface area contributed by atoms with Crippen LogP contribution in [-0.4, -0.2) is 71.5 Å². The van der Waals surface area contributed by atoms with Gasteiger partial charge in [-0.1, -0.05) is 13.8 Å². The Bertz CT molecular complexity index is 1610. The van der Waals surface area contributed by atoms with Crippen molar-refractivity contribution >= 4 is 21.1 Å². The molecule has 0 atom stereocenters. The Morgan fingerprint density at radius 2 is 2.00 bits per heavy atom. The lowest BCUT2D eigenvalue weighted by atomic mass is 10.1. The lowest BCUT2D eigenvalue weighted by Crippen LogP contribution is -2.48. The first-order chi connectivity index (χ1) is 19.0. The number of hydrogen-bond donors (Lipinski definition) is 1. The number of sulfonamides is 1. The number of H-pyrrole nitrogens is 1. The van der Waals surface area contributed by atoms with Crippen LogP contribution in [0.1, 0.15) is 42.2 Å². The van der Waals surface area contributed by atoms with Crippen molar-refractivity contribution in [2.24, 2.45) is 0 Å². The molecule has 0 unspecified atom stereocenters. The number of aromatic amines is 1. The fourth-order valence-electron chi connectivity index (χ4n) is 4.15. The number of nitrogens with one attached hydrogen (secondary N) is 1. The molecule has 3 heterocycles. The van der Waals surface area contributed by atoms with E-state index in [1.807, 2.05) is 6.92 Å². The average Bonchev–Trinajstić information content (AvgIpc) is 3.25. The summed E-state index contributed by atoms with van der Waals surface area (Å²) in [5, 5.41) is -0.0607. The number of aromatic nitrogens is 3. The molecule has 10 heteroatoms. The second kappa shape index (κ2) is 9.89. The zero-order valence-electron chi connectivity index (χ0n) is 26.4. The van der Waals surface area contributed by atoms with Crippen molar-refractivity contribution in [1.29, 1.82) is 0 Å². The van der Waals surface area contributed by atoms with Crippen molar-refractivity contribution in [3.05, 3.63) is 40.3 Å². The fourth-order valence-corrected chi connectivity index (χ4v) is 5.60. The van der Waals surface area contributed by atoms with Crippen LogP contribution in [0.5, 0.6) is 5.75 Å². The predicted octanol–water partition coefficient (Wildman–Crippen LogP) is 2.83. The van der Waals surface area contributed by atoms with Crippen LogP contribution in [0, 0.1) is 6.92 Å². The van der Waals surface area contributed by atoms with E-state index >= 15 is 0 Å². The van der Waals surface area contributed by atoms with Gasteiger partial charge in [0.05, 0.1) is 22.5 Å². The van der Waals surface area contributed by atoms with Crippen LogP contribution in [0.2, 0.25) is 0 Å². The van der Waals surface area contributed by atoms with Crippen LogP contribution in [0.25, 0.3) is 22.4 Å². The Morgan fingerprint density at radius 3 is 2.68 bits per heavy atom. The molecule has 1 aromatic carbocycles. The minimum absolute atomic E-state index is 0.0516. The molecule has 9 nitrogen and oxygen atoms in total. The third kappa shape index (κ3) is 4.49. The maximum atomic E-state index is 13.5. The number of nitrogens with zero attached hydrogens (tertiary/aromatic N) is 4. The number of hydrogen-bond acceptors (Lipinski definition) is 6. The Hall–Kier alpha value is -2.69. The van der Waals surface area contributed by atoms with Gasteiger partial charge in [-0.25, -0.2) is 13.4 Å². The summed E-state index contributed by atoms with van der Waals surface area (Å²) in [6.45, 7) is 1.58. The van der Waals surface area contributed by atoms with Crippen LogP contribution in [0.3, 0.4) is 0 Å². The molecule has 2 aromatic heterocycles. The van der Waals surface area contributed by atoms with E-state index in [4.69, 9.17) is 14.3 Å². The molecule has 0 radical (unpaired) electrons. The zero-order chi connectivity index (χ0) is 30.5. The van der Waals surface area contributed by atoms with E-state index in [-0.39, 0.29) is 45.2 Å². The topological polar surface area (TPSA) is 101 Å². The van der Waals surface area contributed by atoms with E-state index in [1.165, 1.54) is 29.4 Å². The average molecular weight is 495 g/mol. The number of benzene rings is 1. The van der Waals surface area contributed by atoms with E-state index in [1.54, 1.807) is 6.92 Å². The van der Waals surface area contributed by atoms with E-state index in [2.05, 4.69) is 14.9 Å². The summed E-state index contributed by atoms with van der Waals surface area (Å²) in [5.41, 5.74) is -0.634. The molecular weight excluding hydrogens is 454 g/mol. The highest BCUT2D eigenvalue weighted by Gasteiger charge is 2.29. The summed E-state index contributed by atoms with van der Waals surface area (Å²) in [6, 6.07) is 4.19. The maximum Gasteiger partial charge on any atom is 0.260 e. The Labute approximate surface area is 210 Å². The van der Waals surface area contributed by atoms with E-state index in [0.29, 0.717) is 30.7 Å². The highest BCUT2D eigenvalue weighted by molar-refractivity contribution is 7.89. The van der Waals surface area contributed by atoms with Gasteiger partial charge in [-0.15, -0.1) is 0 Å². The number of aryl methyl sites for hydroxylation is 2. The summed E-state index contributed by atoms with van der Waals surface area (Å²) >= 11 is 0. The summed E-state index contributed by atoms with van der Waals surface area (Å²) in [7, 11) is -3.92. The highest BCUT2D eigenvalue weighted by atomic mass is 32.2. The quantitative estimate of drug-likeness (QED) is 0.517. The van der Waals surface area contributed by atoms with Gasteiger partial charge in [0, 0.05) is 48.5 Å². The molecule has 0 bridgehead atoms. The lowest BCUT2D eigenvalue weighted by molar-refractivity contribution is 0.196. The molecular formula is C24H33N5O4S. The zero-order valence-corrected chi connectivity index (χ0v) is 20.2. The molecule has 0 saturated carbocycles. The van der Waals surface area contributed by atoms with Gasteiger partial charge < -0.3 is 19.2 Å². The Balaban J connectivity index is 1.90. The molecule has 1 saturated heterocycles. The molecule has 184 valence electrons. The fraction of sp³-hybridized carbons (Fsp3) is 0.500. The molecule has 1 aliphatic heterocycles. The number of rotatable bonds is 8. The minimum atomic E-state index is -3.92. The molecule has 0 spiro atoms. The maximum absolute atomic E-state index is 13.5. The van der Waals surface area contributed by atoms with Crippen molar-refractivity contribution < 1.29 is 22.7 Å². The van der Waals surface area contributed by atoms with Crippen molar-refractivity contribution in [2.45, 2.75) is 45.4 Å². The van der Waals surface area contributed by atoms with E-state index in [9.17, 15) is 13.2 Å². The Kier molecular flexibility index (Phi) is 4.90. The molecule has 1 fully saturated rings. The highest BCUT2D eigenvalue weighted by Crippen LogP contribution is 2.32. The molecule has 0 aliphatic carbocycles. The van der Waals surface area contributed by atoms with Crippen LogP contribution in [0.4, 0.5) is 0 Å². The molecule has 4 rings (SSSR count). The molecule has 34 heavy (non-hydrogen) atoms. The summed E-state index contributed by atoms with van der Waals surface area (Å²) in [6.07, 6.45) is -2.21. The normalized spacial score (nSPS) is 20.0. The van der Waals surface area contributed by atoms with Gasteiger partial charge in [0.2, 0.25) is 10.0 Å². The van der Waals surface area contributed by atoms with Crippen molar-refractivity contribution in [1.82, 2.24) is 23.7 Å². The van der Waals surface area contributed by atoms with Gasteiger partial charge in [-0.05, 0) is 50.5 Å². The van der Waals surface area contributed by atoms with Crippen molar-refractivity contribution in [3.63, 3.8) is 0 Å². The van der Waals surface area contributed by atoms with Gasteiger partial charge in [0.15, 0.2) is 0 Å². The third-order valence-electron chi connectivity index (χ3n) is 5.94. The van der Waals surface area contributed by atoms with E-state index in [0.717, 1.165) is 12.7 Å². The summed E-state index contributed by atoms with van der Waals surface area (Å²) in [4.78, 5) is 22.3. The minimum Gasteiger partial charge on any atom is -0.493 e. The van der Waals surface area contributed by atoms with Crippen molar-refractivity contribution in [2.75, 3.05) is 39.3 Å². The third-order valence-corrected chi connectivity index (χ3v) is 7.84.